The molecule has 1 aliphatic heterocycles. The van der Waals surface area contributed by atoms with E-state index in [1.165, 1.54) is 30.6 Å². The molecule has 1 rings (SSSR count). The van der Waals surface area contributed by atoms with E-state index in [0.717, 1.165) is 19.3 Å². The highest BCUT2D eigenvalue weighted by molar-refractivity contribution is 7.47. The number of carbonyl (C=O) groups excluding carboxylic acids is 1. The van der Waals surface area contributed by atoms with E-state index < -0.39 is 25.6 Å². The highest BCUT2D eigenvalue weighted by Gasteiger charge is 2.35. The molecule has 0 aromatic heterocycles. The number of phosphoric acid groups is 1. The summed E-state index contributed by atoms with van der Waals surface area (Å²) >= 11 is 0. The number of ether oxygens (including phenoxy) is 1. The van der Waals surface area contributed by atoms with Crippen LogP contribution in [0.4, 0.5) is 4.79 Å². The van der Waals surface area contributed by atoms with Gasteiger partial charge in [0.05, 0.1) is 19.3 Å². The van der Waals surface area contributed by atoms with Gasteiger partial charge in [-0.15, -0.1) is 0 Å². The Morgan fingerprint density at radius 3 is 2.38 bits per heavy atom. The number of carbonyl (C=O) groups is 1. The molecule has 1 fully saturated rings. The van der Waals surface area contributed by atoms with Gasteiger partial charge >= 0.3 is 13.9 Å². The van der Waals surface area contributed by atoms with Crippen LogP contribution in [0.5, 0.6) is 0 Å². The van der Waals surface area contributed by atoms with Crippen molar-refractivity contribution in [3.05, 3.63) is 0 Å². The molecule has 1 heterocycles. The molecule has 0 bridgehead atoms. The molecule has 0 aromatic carbocycles. The smallest absolute Gasteiger partial charge is 0.444 e. The quantitative estimate of drug-likeness (QED) is 0.398. The third-order valence-corrected chi connectivity index (χ3v) is 5.15. The minimum absolute atomic E-state index is 0.212. The molecule has 26 heavy (non-hydrogen) atoms. The van der Waals surface area contributed by atoms with Crippen molar-refractivity contribution in [2.24, 2.45) is 0 Å². The van der Waals surface area contributed by atoms with E-state index in [0.29, 0.717) is 13.0 Å². The van der Waals surface area contributed by atoms with Gasteiger partial charge in [-0.3, -0.25) is 9.05 Å². The van der Waals surface area contributed by atoms with Gasteiger partial charge < -0.3 is 14.5 Å². The Labute approximate surface area is 158 Å². The number of rotatable bonds is 11. The van der Waals surface area contributed by atoms with Gasteiger partial charge in [0, 0.05) is 6.54 Å². The van der Waals surface area contributed by atoms with Crippen LogP contribution < -0.4 is 0 Å². The van der Waals surface area contributed by atoms with E-state index in [1.807, 2.05) is 0 Å². The number of phosphoric ester groups is 1. The molecule has 8 heteroatoms. The van der Waals surface area contributed by atoms with Gasteiger partial charge in [-0.05, 0) is 33.6 Å². The van der Waals surface area contributed by atoms with Crippen LogP contribution in [0.3, 0.4) is 0 Å². The van der Waals surface area contributed by atoms with Crippen molar-refractivity contribution in [3.63, 3.8) is 0 Å². The maximum absolute atomic E-state index is 12.0. The number of hydrogen-bond donors (Lipinski definition) is 1. The van der Waals surface area contributed by atoms with E-state index in [-0.39, 0.29) is 13.2 Å². The molecule has 2 unspecified atom stereocenters. The lowest BCUT2D eigenvalue weighted by molar-refractivity contribution is 0.0262. The summed E-state index contributed by atoms with van der Waals surface area (Å²) in [5.41, 5.74) is -0.568. The Hall–Kier alpha value is -0.620. The monoisotopic (exact) mass is 393 g/mol. The van der Waals surface area contributed by atoms with Crippen molar-refractivity contribution >= 4 is 13.9 Å². The topological polar surface area (TPSA) is 85.3 Å². The molecular formula is C18H36NO6P. The lowest BCUT2D eigenvalue weighted by Crippen LogP contribution is -2.36. The van der Waals surface area contributed by atoms with Crippen LogP contribution >= 0.6 is 7.82 Å². The molecule has 0 radical (unpaired) electrons. The molecule has 1 aliphatic rings. The third kappa shape index (κ3) is 10.5. The Balaban J connectivity index is 2.20. The molecule has 154 valence electrons. The summed E-state index contributed by atoms with van der Waals surface area (Å²) in [7, 11) is -4.08. The maximum Gasteiger partial charge on any atom is 0.472 e. The van der Waals surface area contributed by atoms with E-state index in [4.69, 9.17) is 13.8 Å². The lowest BCUT2D eigenvalue weighted by atomic mass is 10.1. The second kappa shape index (κ2) is 11.3. The van der Waals surface area contributed by atoms with Crippen LogP contribution in [-0.4, -0.2) is 47.3 Å². The summed E-state index contributed by atoms with van der Waals surface area (Å²) in [6, 6.07) is 0. The van der Waals surface area contributed by atoms with Crippen molar-refractivity contribution in [2.45, 2.75) is 90.8 Å². The van der Waals surface area contributed by atoms with Crippen molar-refractivity contribution in [3.8, 4) is 0 Å². The van der Waals surface area contributed by atoms with Crippen LogP contribution in [0.25, 0.3) is 0 Å². The highest BCUT2D eigenvalue weighted by Crippen LogP contribution is 2.46. The number of nitrogens with zero attached hydrogens (tertiary/aromatic N) is 1. The van der Waals surface area contributed by atoms with Crippen molar-refractivity contribution in [1.82, 2.24) is 4.90 Å². The molecule has 7 nitrogen and oxygen atoms in total. The molecular weight excluding hydrogens is 357 g/mol. The fraction of sp³-hybridized carbons (Fsp3) is 0.944. The fourth-order valence-corrected chi connectivity index (χ4v) is 3.73. The van der Waals surface area contributed by atoms with Crippen LogP contribution in [0.15, 0.2) is 0 Å². The number of hydrogen-bond acceptors (Lipinski definition) is 5. The summed E-state index contributed by atoms with van der Waals surface area (Å²) in [5, 5.41) is 0. The van der Waals surface area contributed by atoms with Gasteiger partial charge in [-0.25, -0.2) is 9.36 Å². The molecule has 1 saturated heterocycles. The Bertz CT molecular complexity index is 465. The first-order chi connectivity index (χ1) is 12.1. The van der Waals surface area contributed by atoms with E-state index in [1.54, 1.807) is 20.8 Å². The largest absolute Gasteiger partial charge is 0.472 e. The van der Waals surface area contributed by atoms with Crippen LogP contribution in [0.2, 0.25) is 0 Å². The molecule has 1 amide bonds. The first kappa shape index (κ1) is 23.4. The fourth-order valence-electron chi connectivity index (χ4n) is 2.76. The van der Waals surface area contributed by atoms with Gasteiger partial charge in [0.2, 0.25) is 0 Å². The Morgan fingerprint density at radius 2 is 1.77 bits per heavy atom. The summed E-state index contributed by atoms with van der Waals surface area (Å²) in [6.45, 7) is 8.48. The summed E-state index contributed by atoms with van der Waals surface area (Å²) < 4.78 is 27.6. The number of amides is 1. The third-order valence-electron chi connectivity index (χ3n) is 4.08. The SMILES string of the molecule is CCCCCCCCCOP(=O)(O)OC1CCN(C(=O)OC(C)(C)C)C1. The average Bonchev–Trinajstić information content (AvgIpc) is 2.96. The first-order valence-electron chi connectivity index (χ1n) is 9.76. The summed E-state index contributed by atoms with van der Waals surface area (Å²) in [5.74, 6) is 0. The lowest BCUT2D eigenvalue weighted by Gasteiger charge is -2.24. The highest BCUT2D eigenvalue weighted by atomic mass is 31.2. The van der Waals surface area contributed by atoms with Crippen molar-refractivity contribution < 1.29 is 28.0 Å². The van der Waals surface area contributed by atoms with Crippen LogP contribution in [-0.2, 0) is 18.3 Å². The minimum Gasteiger partial charge on any atom is -0.444 e. The van der Waals surface area contributed by atoms with E-state index in [2.05, 4.69) is 6.92 Å². The van der Waals surface area contributed by atoms with Gasteiger partial charge in [0.1, 0.15) is 5.60 Å². The molecule has 0 spiro atoms. The predicted molar refractivity (Wildman–Crippen MR) is 101 cm³/mol. The van der Waals surface area contributed by atoms with E-state index in [9.17, 15) is 14.3 Å². The average molecular weight is 393 g/mol. The maximum atomic E-state index is 12.0. The Kier molecular flexibility index (Phi) is 10.2. The minimum atomic E-state index is -4.08. The van der Waals surface area contributed by atoms with E-state index >= 15 is 0 Å². The Morgan fingerprint density at radius 1 is 1.15 bits per heavy atom. The standard InChI is InChI=1S/C18H36NO6P/c1-5-6-7-8-9-10-11-14-23-26(21,22)25-16-12-13-19(15-16)17(20)24-18(2,3)4/h16H,5-15H2,1-4H3,(H,21,22). The first-order valence-corrected chi connectivity index (χ1v) is 11.3. The molecule has 2 atom stereocenters. The second-order valence-corrected chi connectivity index (χ2v) is 9.27. The van der Waals surface area contributed by atoms with Gasteiger partial charge in [-0.2, -0.15) is 0 Å². The van der Waals surface area contributed by atoms with Gasteiger partial charge in [0.15, 0.2) is 0 Å². The summed E-state index contributed by atoms with van der Waals surface area (Å²) in [6.07, 6.45) is 7.33. The predicted octanol–water partition coefficient (Wildman–Crippen LogP) is 4.88. The van der Waals surface area contributed by atoms with Crippen LogP contribution in [0.1, 0.15) is 79.1 Å². The van der Waals surface area contributed by atoms with Gasteiger partial charge in [-0.1, -0.05) is 45.4 Å². The molecule has 0 aromatic rings. The zero-order chi connectivity index (χ0) is 19.6. The van der Waals surface area contributed by atoms with Crippen molar-refractivity contribution in [2.75, 3.05) is 19.7 Å². The molecule has 1 N–H and O–H groups in total. The zero-order valence-electron chi connectivity index (χ0n) is 16.7. The second-order valence-electron chi connectivity index (χ2n) is 7.87. The normalized spacial score (nSPS) is 20.2. The van der Waals surface area contributed by atoms with Crippen molar-refractivity contribution in [1.29, 1.82) is 0 Å². The molecule has 0 saturated carbocycles. The number of likely N-dealkylation sites (tertiary alicyclic amines) is 1. The number of unbranched alkanes of at least 4 members (excludes halogenated alkanes) is 6. The molecule has 0 aliphatic carbocycles. The van der Waals surface area contributed by atoms with Gasteiger partial charge in [0.25, 0.3) is 0 Å². The summed E-state index contributed by atoms with van der Waals surface area (Å²) in [4.78, 5) is 23.3. The zero-order valence-corrected chi connectivity index (χ0v) is 17.6. The van der Waals surface area contributed by atoms with Crippen LogP contribution in [0, 0.1) is 0 Å².